The largest absolute Gasteiger partial charge is 0.501 e. The molecule has 27 heavy (non-hydrogen) atoms. The molecule has 0 aliphatic rings. The van der Waals surface area contributed by atoms with Gasteiger partial charge in [-0.05, 0) is 24.3 Å². The molecule has 3 aromatic rings. The standard InChI is InChI=1S/C14H10F3N7O2S/c15-14(16,17)27(25,26)9-3-1-7(2-4-9)20-5-8-6-21-12-10(22-8)11(18)23-13(19)24-12/h1-4,20H,5H2,(H3,18,19,23)/p+1. The summed E-state index contributed by atoms with van der Waals surface area (Å²) in [5.41, 5.74) is 6.91. The van der Waals surface area contributed by atoms with Gasteiger partial charge in [-0.15, -0.1) is 4.98 Å². The van der Waals surface area contributed by atoms with Crippen molar-refractivity contribution in [2.45, 2.75) is 16.9 Å². The molecule has 0 aliphatic heterocycles. The van der Waals surface area contributed by atoms with Gasteiger partial charge < -0.3 is 16.8 Å². The van der Waals surface area contributed by atoms with Gasteiger partial charge in [0.05, 0.1) is 11.4 Å². The first kappa shape index (κ1) is 18.4. The predicted octanol–water partition coefficient (Wildman–Crippen LogP) is 0.495. The van der Waals surface area contributed by atoms with Crippen molar-refractivity contribution in [1.82, 2.24) is 15.0 Å². The molecule has 0 amide bonds. The van der Waals surface area contributed by atoms with Crippen molar-refractivity contribution >= 4 is 38.5 Å². The van der Waals surface area contributed by atoms with Crippen LogP contribution in [-0.4, -0.2) is 28.9 Å². The van der Waals surface area contributed by atoms with Crippen molar-refractivity contribution in [1.29, 1.82) is 0 Å². The second kappa shape index (κ2) is 6.40. The number of benzene rings is 1. The lowest BCUT2D eigenvalue weighted by Crippen LogP contribution is -2.23. The maximum absolute atomic E-state index is 12.5. The van der Waals surface area contributed by atoms with Crippen LogP contribution in [0.15, 0.2) is 29.2 Å². The summed E-state index contributed by atoms with van der Waals surface area (Å²) in [4.78, 5) is 14.9. The number of nitrogens with two attached hydrogens (primary N) is 2. The SMILES string of the molecule is Nc1nc(N)c2nc(CNc3ccc(S(=O)(=O)C(F)(F)F)cc3)c#[n+]c2n1. The lowest BCUT2D eigenvalue weighted by molar-refractivity contribution is -0.263. The molecule has 2 heterocycles. The summed E-state index contributed by atoms with van der Waals surface area (Å²) in [7, 11) is -5.39. The van der Waals surface area contributed by atoms with E-state index < -0.39 is 20.2 Å². The number of nitrogens with zero attached hydrogens (tertiary/aromatic N) is 4. The maximum Gasteiger partial charge on any atom is 0.501 e. The van der Waals surface area contributed by atoms with Gasteiger partial charge in [0.1, 0.15) is 0 Å². The third-order valence-electron chi connectivity index (χ3n) is 3.38. The zero-order valence-electron chi connectivity index (χ0n) is 13.3. The van der Waals surface area contributed by atoms with Gasteiger partial charge in [-0.25, -0.2) is 13.4 Å². The number of hydrogen-bond acceptors (Lipinski definition) is 8. The number of aromatic nitrogens is 4. The molecule has 0 saturated heterocycles. The van der Waals surface area contributed by atoms with Crippen molar-refractivity contribution in [3.8, 4) is 0 Å². The molecule has 5 N–H and O–H groups in total. The first-order valence-corrected chi connectivity index (χ1v) is 8.69. The molecule has 0 spiro atoms. The van der Waals surface area contributed by atoms with Gasteiger partial charge in [0.2, 0.25) is 11.7 Å². The van der Waals surface area contributed by atoms with Crippen LogP contribution >= 0.6 is 0 Å². The van der Waals surface area contributed by atoms with Crippen molar-refractivity contribution < 1.29 is 26.6 Å². The summed E-state index contributed by atoms with van der Waals surface area (Å²) >= 11 is 0. The van der Waals surface area contributed by atoms with Crippen LogP contribution < -0.4 is 21.8 Å². The van der Waals surface area contributed by atoms with Crippen molar-refractivity contribution in [2.24, 2.45) is 0 Å². The van der Waals surface area contributed by atoms with Crippen molar-refractivity contribution in [2.75, 3.05) is 16.8 Å². The smallest absolute Gasteiger partial charge is 0.381 e. The molecule has 0 radical (unpaired) electrons. The zero-order chi connectivity index (χ0) is 19.8. The molecule has 0 bridgehead atoms. The highest BCUT2D eigenvalue weighted by Gasteiger charge is 2.46. The number of nitrogens with one attached hydrogen (secondary N) is 1. The molecule has 0 unspecified atom stereocenters. The van der Waals surface area contributed by atoms with Gasteiger partial charge in [0.15, 0.2) is 11.5 Å². The average Bonchev–Trinajstić information content (AvgIpc) is 2.59. The molecule has 3 rings (SSSR count). The monoisotopic (exact) mass is 398 g/mol. The Hall–Kier alpha value is -3.40. The molecule has 0 fully saturated rings. The average molecular weight is 398 g/mol. The normalized spacial score (nSPS) is 12.0. The maximum atomic E-state index is 12.5. The number of hydrogen-bond donors (Lipinski definition) is 3. The Morgan fingerprint density at radius 2 is 1.78 bits per heavy atom. The number of anilines is 3. The Bertz CT molecular complexity index is 1100. The fourth-order valence-corrected chi connectivity index (χ4v) is 2.85. The second-order valence-corrected chi connectivity index (χ2v) is 7.19. The van der Waals surface area contributed by atoms with E-state index in [0.717, 1.165) is 12.1 Å². The molecule has 140 valence electrons. The van der Waals surface area contributed by atoms with E-state index in [2.05, 4.69) is 31.4 Å². The summed E-state index contributed by atoms with van der Waals surface area (Å²) in [5, 5.41) is 2.86. The topological polar surface area (TPSA) is 151 Å². The lowest BCUT2D eigenvalue weighted by atomic mass is 10.3. The number of nitrogen functional groups attached to an aromatic ring is 2. The highest BCUT2D eigenvalue weighted by molar-refractivity contribution is 7.92. The number of sulfone groups is 1. The third kappa shape index (κ3) is 3.60. The van der Waals surface area contributed by atoms with E-state index in [4.69, 9.17) is 11.5 Å². The first-order chi connectivity index (χ1) is 12.6. The summed E-state index contributed by atoms with van der Waals surface area (Å²) in [5.74, 6) is -0.00978. The van der Waals surface area contributed by atoms with E-state index in [0.29, 0.717) is 11.4 Å². The van der Waals surface area contributed by atoms with Crippen LogP contribution in [0.4, 0.5) is 30.6 Å². The van der Waals surface area contributed by atoms with Crippen molar-refractivity contribution in [3.05, 3.63) is 36.2 Å². The van der Waals surface area contributed by atoms with E-state index in [1.165, 1.54) is 12.1 Å². The summed E-state index contributed by atoms with van der Waals surface area (Å²) in [6, 6.07) is 4.11. The van der Waals surface area contributed by atoms with E-state index in [1.807, 2.05) is 0 Å². The third-order valence-corrected chi connectivity index (χ3v) is 4.88. The number of fused-ring (bicyclic) bond motifs is 1. The lowest BCUT2D eigenvalue weighted by Gasteiger charge is -2.09. The van der Waals surface area contributed by atoms with Crippen molar-refractivity contribution in [3.63, 3.8) is 0 Å². The van der Waals surface area contributed by atoms with Crippen LogP contribution in [0.1, 0.15) is 5.69 Å². The van der Waals surface area contributed by atoms with E-state index in [9.17, 15) is 21.6 Å². The highest BCUT2D eigenvalue weighted by atomic mass is 32.2. The Morgan fingerprint density at radius 3 is 2.41 bits per heavy atom. The van der Waals surface area contributed by atoms with E-state index >= 15 is 0 Å². The van der Waals surface area contributed by atoms with Gasteiger partial charge in [0, 0.05) is 10.7 Å². The molecule has 1 aromatic carbocycles. The highest BCUT2D eigenvalue weighted by Crippen LogP contribution is 2.30. The molecule has 0 atom stereocenters. The number of alkyl halides is 3. The predicted molar refractivity (Wildman–Crippen MR) is 87.6 cm³/mol. The van der Waals surface area contributed by atoms with Gasteiger partial charge in [-0.1, -0.05) is 0 Å². The summed E-state index contributed by atoms with van der Waals surface area (Å²) in [6.07, 6.45) is 2.62. The minimum absolute atomic E-state index is 0.0435. The quantitative estimate of drug-likeness (QED) is 0.570. The van der Waals surface area contributed by atoms with E-state index in [-0.39, 0.29) is 29.5 Å². The first-order valence-electron chi connectivity index (χ1n) is 7.20. The Balaban J connectivity index is 1.77. The van der Waals surface area contributed by atoms with Crippen LogP contribution in [0.3, 0.4) is 0 Å². The Labute approximate surface area is 150 Å². The molecule has 9 nitrogen and oxygen atoms in total. The molecule has 2 aromatic heterocycles. The minimum Gasteiger partial charge on any atom is -0.381 e. The minimum atomic E-state index is -5.39. The number of halogens is 3. The van der Waals surface area contributed by atoms with Crippen LogP contribution in [0.5, 0.6) is 0 Å². The van der Waals surface area contributed by atoms with Gasteiger partial charge in [-0.2, -0.15) is 18.2 Å². The van der Waals surface area contributed by atoms with E-state index in [1.54, 1.807) is 0 Å². The molecular weight excluding hydrogens is 387 g/mol. The summed E-state index contributed by atoms with van der Waals surface area (Å²) in [6.45, 7) is 0.0954. The van der Waals surface area contributed by atoms with Crippen LogP contribution in [0, 0.1) is 6.20 Å². The number of rotatable bonds is 4. The van der Waals surface area contributed by atoms with Gasteiger partial charge in [-0.3, -0.25) is 0 Å². The van der Waals surface area contributed by atoms with Crippen LogP contribution in [-0.2, 0) is 16.4 Å². The fraction of sp³-hybridized carbons (Fsp3) is 0.143. The Kier molecular flexibility index (Phi) is 4.36. The van der Waals surface area contributed by atoms with Gasteiger partial charge >= 0.3 is 17.1 Å². The summed E-state index contributed by atoms with van der Waals surface area (Å²) < 4.78 is 60.2. The zero-order valence-corrected chi connectivity index (χ0v) is 14.1. The fourth-order valence-electron chi connectivity index (χ4n) is 2.09. The Morgan fingerprint density at radius 1 is 1.11 bits per heavy atom. The molecular formula is C14H11F3N7O2S+. The van der Waals surface area contributed by atoms with Crippen LogP contribution in [0.25, 0.3) is 11.2 Å². The second-order valence-electron chi connectivity index (χ2n) is 5.25. The molecule has 0 saturated carbocycles. The molecule has 0 aliphatic carbocycles. The molecule has 13 heteroatoms. The van der Waals surface area contributed by atoms with Crippen LogP contribution in [0.2, 0.25) is 0 Å². The van der Waals surface area contributed by atoms with Gasteiger partial charge in [0.25, 0.3) is 9.84 Å².